The van der Waals surface area contributed by atoms with Crippen molar-refractivity contribution in [2.45, 2.75) is 25.3 Å². The number of fused-ring (bicyclic) bond motifs is 3. The van der Waals surface area contributed by atoms with E-state index in [9.17, 15) is 19.1 Å². The first-order chi connectivity index (χ1) is 13.5. The van der Waals surface area contributed by atoms with E-state index in [0.717, 1.165) is 22.2 Å². The van der Waals surface area contributed by atoms with E-state index < -0.39 is 5.97 Å². The fourth-order valence-corrected chi connectivity index (χ4v) is 4.36. The Hall–Kier alpha value is -3.15. The minimum Gasteiger partial charge on any atom is -0.478 e. The number of nitrogens with one attached hydrogen (secondary N) is 1. The highest BCUT2D eigenvalue weighted by atomic mass is 19.1. The molecule has 2 N–H and O–H groups in total. The van der Waals surface area contributed by atoms with Gasteiger partial charge >= 0.3 is 5.97 Å². The number of hydrogen-bond donors (Lipinski definition) is 2. The van der Waals surface area contributed by atoms with Gasteiger partial charge in [-0.25, -0.2) is 9.18 Å². The van der Waals surface area contributed by atoms with Gasteiger partial charge in [-0.05, 0) is 42.2 Å². The van der Waals surface area contributed by atoms with Gasteiger partial charge < -0.3 is 15.0 Å². The summed E-state index contributed by atoms with van der Waals surface area (Å²) in [7, 11) is 0. The topological polar surface area (TPSA) is 73.4 Å². The number of carboxylic acid groups (broad SMARTS) is 1. The van der Waals surface area contributed by atoms with Crippen LogP contribution in [0.1, 0.15) is 39.5 Å². The summed E-state index contributed by atoms with van der Waals surface area (Å²) in [6, 6.07) is 11.7. The molecule has 6 heteroatoms. The van der Waals surface area contributed by atoms with Crippen LogP contribution in [0.15, 0.2) is 42.5 Å². The molecule has 2 heterocycles. The maximum atomic E-state index is 14.0. The third-order valence-corrected chi connectivity index (χ3v) is 5.95. The van der Waals surface area contributed by atoms with E-state index in [1.54, 1.807) is 36.4 Å². The normalized spacial score (nSPS) is 20.8. The lowest BCUT2D eigenvalue weighted by atomic mass is 10.0. The third kappa shape index (κ3) is 2.68. The number of H-pyrrole nitrogens is 1. The Labute approximate surface area is 160 Å². The maximum Gasteiger partial charge on any atom is 0.335 e. The molecule has 5 rings (SSSR count). The predicted molar refractivity (Wildman–Crippen MR) is 102 cm³/mol. The SMILES string of the molecule is O=C(O)c1ccc2[nH]c3c(c2c1)CN(C(=O)[C@H]1C[C@H]1c1ccccc1F)CC3. The van der Waals surface area contributed by atoms with Crippen LogP contribution in [0.3, 0.4) is 0 Å². The number of aromatic amines is 1. The monoisotopic (exact) mass is 378 g/mol. The number of halogens is 1. The highest BCUT2D eigenvalue weighted by Gasteiger charge is 2.47. The number of carbonyl (C=O) groups excluding carboxylic acids is 1. The van der Waals surface area contributed by atoms with Crippen molar-refractivity contribution < 1.29 is 19.1 Å². The summed E-state index contributed by atoms with van der Waals surface area (Å²) < 4.78 is 14.0. The van der Waals surface area contributed by atoms with Crippen molar-refractivity contribution in [3.05, 3.63) is 70.7 Å². The Balaban J connectivity index is 1.39. The molecule has 2 atom stereocenters. The first kappa shape index (κ1) is 17.0. The van der Waals surface area contributed by atoms with Gasteiger partial charge in [-0.1, -0.05) is 18.2 Å². The quantitative estimate of drug-likeness (QED) is 0.730. The fourth-order valence-electron chi connectivity index (χ4n) is 4.36. The Morgan fingerprint density at radius 3 is 2.79 bits per heavy atom. The molecule has 1 aliphatic carbocycles. The van der Waals surface area contributed by atoms with Crippen molar-refractivity contribution in [1.29, 1.82) is 0 Å². The standard InChI is InChI=1S/C22H19FN2O3/c23-18-4-2-1-3-13(18)14-10-16(14)21(26)25-8-7-20-17(11-25)15-9-12(22(27)28)5-6-19(15)24-20/h1-6,9,14,16,24H,7-8,10-11H2,(H,27,28)/t14-,16-/m0/s1. The molecular weight excluding hydrogens is 359 g/mol. The Kier molecular flexibility index (Phi) is 3.75. The molecule has 1 saturated carbocycles. The lowest BCUT2D eigenvalue weighted by Gasteiger charge is -2.27. The number of benzene rings is 2. The van der Waals surface area contributed by atoms with Crippen molar-refractivity contribution >= 4 is 22.8 Å². The molecule has 0 radical (unpaired) electrons. The zero-order chi connectivity index (χ0) is 19.4. The van der Waals surface area contributed by atoms with Crippen molar-refractivity contribution in [2.75, 3.05) is 6.54 Å². The van der Waals surface area contributed by atoms with Gasteiger partial charge in [0.05, 0.1) is 5.56 Å². The smallest absolute Gasteiger partial charge is 0.335 e. The minimum atomic E-state index is -0.966. The molecule has 142 valence electrons. The van der Waals surface area contributed by atoms with Gasteiger partial charge in [-0.2, -0.15) is 0 Å². The van der Waals surface area contributed by atoms with Crippen LogP contribution >= 0.6 is 0 Å². The van der Waals surface area contributed by atoms with E-state index in [0.29, 0.717) is 31.5 Å². The predicted octanol–water partition coefficient (Wildman–Crippen LogP) is 3.69. The lowest BCUT2D eigenvalue weighted by Crippen LogP contribution is -2.37. The van der Waals surface area contributed by atoms with Gasteiger partial charge in [0, 0.05) is 47.6 Å². The van der Waals surface area contributed by atoms with E-state index in [4.69, 9.17) is 0 Å². The Morgan fingerprint density at radius 2 is 2.00 bits per heavy atom. The molecule has 3 aromatic rings. The third-order valence-electron chi connectivity index (χ3n) is 5.95. The average molecular weight is 378 g/mol. The van der Waals surface area contributed by atoms with Crippen molar-refractivity contribution in [2.24, 2.45) is 5.92 Å². The van der Waals surface area contributed by atoms with Crippen molar-refractivity contribution in [1.82, 2.24) is 9.88 Å². The summed E-state index contributed by atoms with van der Waals surface area (Å²) in [6.45, 7) is 1.07. The molecule has 0 bridgehead atoms. The molecule has 0 unspecified atom stereocenters. The molecular formula is C22H19FN2O3. The molecule has 1 fully saturated rings. The first-order valence-electron chi connectivity index (χ1n) is 9.43. The molecule has 1 aliphatic heterocycles. The summed E-state index contributed by atoms with van der Waals surface area (Å²) in [5.74, 6) is -1.37. The van der Waals surface area contributed by atoms with Gasteiger partial charge in [0.25, 0.3) is 0 Å². The van der Waals surface area contributed by atoms with E-state index >= 15 is 0 Å². The van der Waals surface area contributed by atoms with Crippen LogP contribution in [0.4, 0.5) is 4.39 Å². The summed E-state index contributed by atoms with van der Waals surface area (Å²) in [6.07, 6.45) is 1.38. The van der Waals surface area contributed by atoms with Crippen LogP contribution < -0.4 is 0 Å². The summed E-state index contributed by atoms with van der Waals surface area (Å²) in [5.41, 5.74) is 3.79. The number of aromatic carboxylic acids is 1. The first-order valence-corrected chi connectivity index (χ1v) is 9.43. The van der Waals surface area contributed by atoms with Gasteiger partial charge in [-0.3, -0.25) is 4.79 Å². The van der Waals surface area contributed by atoms with Crippen LogP contribution in [0.5, 0.6) is 0 Å². The molecule has 28 heavy (non-hydrogen) atoms. The highest BCUT2D eigenvalue weighted by molar-refractivity contribution is 5.95. The molecule has 1 aromatic heterocycles. The number of nitrogens with zero attached hydrogens (tertiary/aromatic N) is 1. The average Bonchev–Trinajstić information content (AvgIpc) is 3.40. The van der Waals surface area contributed by atoms with Crippen LogP contribution in [0, 0.1) is 11.7 Å². The number of carbonyl (C=O) groups is 2. The van der Waals surface area contributed by atoms with E-state index in [2.05, 4.69) is 4.98 Å². The number of amides is 1. The second-order valence-electron chi connectivity index (χ2n) is 7.63. The molecule has 2 aliphatic rings. The van der Waals surface area contributed by atoms with Crippen LogP contribution in [0.2, 0.25) is 0 Å². The molecule has 1 amide bonds. The molecule has 0 saturated heterocycles. The highest BCUT2D eigenvalue weighted by Crippen LogP contribution is 2.49. The van der Waals surface area contributed by atoms with Crippen LogP contribution in [-0.4, -0.2) is 33.4 Å². The maximum absolute atomic E-state index is 14.0. The Morgan fingerprint density at radius 1 is 1.18 bits per heavy atom. The molecule has 0 spiro atoms. The zero-order valence-corrected chi connectivity index (χ0v) is 15.1. The summed E-state index contributed by atoms with van der Waals surface area (Å²) in [5, 5.41) is 10.1. The number of hydrogen-bond acceptors (Lipinski definition) is 2. The minimum absolute atomic E-state index is 0.0447. The van der Waals surface area contributed by atoms with Crippen LogP contribution in [-0.2, 0) is 17.8 Å². The number of rotatable bonds is 3. The summed E-state index contributed by atoms with van der Waals surface area (Å²) in [4.78, 5) is 29.5. The van der Waals surface area contributed by atoms with Gasteiger partial charge in [-0.15, -0.1) is 0 Å². The Bertz CT molecular complexity index is 1120. The second-order valence-corrected chi connectivity index (χ2v) is 7.63. The van der Waals surface area contributed by atoms with Gasteiger partial charge in [0.1, 0.15) is 5.82 Å². The number of aromatic nitrogens is 1. The van der Waals surface area contributed by atoms with Crippen LogP contribution in [0.25, 0.3) is 10.9 Å². The second kappa shape index (κ2) is 6.19. The lowest BCUT2D eigenvalue weighted by molar-refractivity contribution is -0.133. The van der Waals surface area contributed by atoms with E-state index in [1.165, 1.54) is 6.07 Å². The summed E-state index contributed by atoms with van der Waals surface area (Å²) >= 11 is 0. The van der Waals surface area contributed by atoms with Gasteiger partial charge in [0.15, 0.2) is 0 Å². The van der Waals surface area contributed by atoms with Gasteiger partial charge in [0.2, 0.25) is 5.91 Å². The number of carboxylic acids is 1. The van der Waals surface area contributed by atoms with Crippen molar-refractivity contribution in [3.63, 3.8) is 0 Å². The van der Waals surface area contributed by atoms with E-state index in [-0.39, 0.29) is 29.1 Å². The van der Waals surface area contributed by atoms with E-state index in [1.807, 2.05) is 4.90 Å². The molecule has 2 aromatic carbocycles. The largest absolute Gasteiger partial charge is 0.478 e. The molecule has 5 nitrogen and oxygen atoms in total. The van der Waals surface area contributed by atoms with Crippen molar-refractivity contribution in [3.8, 4) is 0 Å². The fraction of sp³-hybridized carbons (Fsp3) is 0.273. The zero-order valence-electron chi connectivity index (χ0n) is 15.1.